The first kappa shape index (κ1) is 50.8. The van der Waals surface area contributed by atoms with Crippen LogP contribution in [0, 0.1) is 0 Å². The largest absolute Gasteiger partial charge is 0.462 e. The van der Waals surface area contributed by atoms with Crippen LogP contribution in [0.1, 0.15) is 181 Å². The first-order valence-corrected chi connectivity index (χ1v) is 21.8. The van der Waals surface area contributed by atoms with Gasteiger partial charge in [0.05, 0.1) is 6.61 Å². The highest BCUT2D eigenvalue weighted by atomic mass is 16.6. The second-order valence-corrected chi connectivity index (χ2v) is 14.0. The van der Waals surface area contributed by atoms with Crippen LogP contribution in [0.3, 0.4) is 0 Å². The van der Waals surface area contributed by atoms with Gasteiger partial charge in [-0.2, -0.15) is 0 Å². The van der Waals surface area contributed by atoms with Crippen molar-refractivity contribution >= 4 is 11.9 Å². The predicted octanol–water partition coefficient (Wildman–Crippen LogP) is 14.1. The molecule has 0 bridgehead atoms. The normalized spacial score (nSPS) is 13.2. The summed E-state index contributed by atoms with van der Waals surface area (Å²) in [5.74, 6) is -0.637. The van der Waals surface area contributed by atoms with Crippen molar-refractivity contribution < 1.29 is 24.2 Å². The van der Waals surface area contributed by atoms with E-state index in [2.05, 4.69) is 111 Å². The molecule has 0 aromatic heterocycles. The summed E-state index contributed by atoms with van der Waals surface area (Å²) in [4.78, 5) is 24.3. The molecular formula is C49H80O5. The zero-order chi connectivity index (χ0) is 39.3. The molecule has 0 heterocycles. The molecule has 0 aromatic carbocycles. The Morgan fingerprint density at radius 3 is 1.20 bits per heavy atom. The monoisotopic (exact) mass is 749 g/mol. The fourth-order valence-corrected chi connectivity index (χ4v) is 5.59. The molecule has 0 aliphatic rings. The number of carbonyl (C=O) groups is 2. The van der Waals surface area contributed by atoms with Crippen LogP contribution in [-0.2, 0) is 19.1 Å². The highest BCUT2D eigenvalue weighted by molar-refractivity contribution is 5.70. The molecule has 0 aliphatic carbocycles. The van der Waals surface area contributed by atoms with Crippen LogP contribution in [0.2, 0.25) is 0 Å². The van der Waals surface area contributed by atoms with E-state index in [1.807, 2.05) is 0 Å². The molecule has 0 saturated heterocycles. The van der Waals surface area contributed by atoms with Crippen molar-refractivity contribution in [2.75, 3.05) is 13.2 Å². The molecule has 5 heteroatoms. The Kier molecular flexibility index (Phi) is 41.6. The van der Waals surface area contributed by atoms with E-state index >= 15 is 0 Å². The third-order valence-corrected chi connectivity index (χ3v) is 8.86. The van der Waals surface area contributed by atoms with E-state index < -0.39 is 6.10 Å². The third-order valence-electron chi connectivity index (χ3n) is 8.86. The molecule has 1 atom stereocenters. The van der Waals surface area contributed by atoms with E-state index in [1.54, 1.807) is 0 Å². The summed E-state index contributed by atoms with van der Waals surface area (Å²) in [6.45, 7) is 3.96. The van der Waals surface area contributed by atoms with Crippen molar-refractivity contribution in [1.82, 2.24) is 0 Å². The van der Waals surface area contributed by atoms with Crippen molar-refractivity contribution in [2.24, 2.45) is 0 Å². The van der Waals surface area contributed by atoms with Gasteiger partial charge in [0.25, 0.3) is 0 Å². The maximum absolute atomic E-state index is 12.2. The van der Waals surface area contributed by atoms with Crippen molar-refractivity contribution in [3.63, 3.8) is 0 Å². The molecule has 0 rings (SSSR count). The van der Waals surface area contributed by atoms with Crippen LogP contribution >= 0.6 is 0 Å². The van der Waals surface area contributed by atoms with Gasteiger partial charge in [-0.15, -0.1) is 0 Å². The van der Waals surface area contributed by atoms with Gasteiger partial charge in [0.15, 0.2) is 6.10 Å². The maximum atomic E-state index is 12.2. The SMILES string of the molecule is CC/C=C\C/C=C\C/C=C\C/C=C\C/C=C\C/C=C\CCCCCCC(=O)OC(CO)COC(=O)CCCCCCCCC/C=C\C/C=C\CCCCC. The zero-order valence-corrected chi connectivity index (χ0v) is 34.7. The molecule has 1 unspecified atom stereocenters. The number of carbonyl (C=O) groups excluding carboxylic acids is 2. The van der Waals surface area contributed by atoms with Crippen molar-refractivity contribution in [3.8, 4) is 0 Å². The van der Waals surface area contributed by atoms with Crippen molar-refractivity contribution in [1.29, 1.82) is 0 Å². The maximum Gasteiger partial charge on any atom is 0.306 e. The van der Waals surface area contributed by atoms with E-state index in [0.717, 1.165) is 103 Å². The summed E-state index contributed by atoms with van der Waals surface area (Å²) in [6, 6.07) is 0. The number of aliphatic hydroxyl groups excluding tert-OH is 1. The number of ether oxygens (including phenoxy) is 2. The van der Waals surface area contributed by atoms with E-state index in [1.165, 1.54) is 51.4 Å². The summed E-state index contributed by atoms with van der Waals surface area (Å²) >= 11 is 0. The molecule has 0 fully saturated rings. The van der Waals surface area contributed by atoms with Gasteiger partial charge in [-0.3, -0.25) is 9.59 Å². The lowest BCUT2D eigenvalue weighted by molar-refractivity contribution is -0.161. The van der Waals surface area contributed by atoms with Gasteiger partial charge in [0.2, 0.25) is 0 Å². The molecule has 54 heavy (non-hydrogen) atoms. The highest BCUT2D eigenvalue weighted by Gasteiger charge is 2.16. The van der Waals surface area contributed by atoms with Crippen LogP contribution in [-0.4, -0.2) is 36.4 Å². The van der Waals surface area contributed by atoms with Crippen LogP contribution in [0.15, 0.2) is 97.2 Å². The van der Waals surface area contributed by atoms with E-state index in [9.17, 15) is 14.7 Å². The van der Waals surface area contributed by atoms with Gasteiger partial charge in [-0.05, 0) is 96.3 Å². The Hall–Kier alpha value is -3.18. The van der Waals surface area contributed by atoms with Crippen LogP contribution in [0.5, 0.6) is 0 Å². The Morgan fingerprint density at radius 1 is 0.444 bits per heavy atom. The van der Waals surface area contributed by atoms with Crippen LogP contribution < -0.4 is 0 Å². The number of hydrogen-bond acceptors (Lipinski definition) is 5. The summed E-state index contributed by atoms with van der Waals surface area (Å²) in [5.41, 5.74) is 0. The average molecular weight is 749 g/mol. The van der Waals surface area contributed by atoms with Gasteiger partial charge < -0.3 is 14.6 Å². The minimum Gasteiger partial charge on any atom is -0.462 e. The van der Waals surface area contributed by atoms with E-state index in [4.69, 9.17) is 9.47 Å². The highest BCUT2D eigenvalue weighted by Crippen LogP contribution is 2.12. The third kappa shape index (κ3) is 41.6. The fraction of sp³-hybridized carbons (Fsp3) is 0.633. The van der Waals surface area contributed by atoms with Gasteiger partial charge in [-0.1, -0.05) is 169 Å². The van der Waals surface area contributed by atoms with Gasteiger partial charge in [0.1, 0.15) is 6.61 Å². The summed E-state index contributed by atoms with van der Waals surface area (Å²) in [6.07, 6.45) is 61.8. The average Bonchev–Trinajstić information content (AvgIpc) is 3.17. The summed E-state index contributed by atoms with van der Waals surface area (Å²) < 4.78 is 10.6. The standard InChI is InChI=1S/C49H80O5/c1-3-5-7-9-11-13-15-17-19-21-22-23-24-25-26-28-30-32-34-36-38-40-42-44-49(52)54-47(45-50)46-53-48(51)43-41-39-37-35-33-31-29-27-20-18-16-14-12-10-8-6-4-2/h5,7,11-14,17-20,22-23,25-26,30,32,47,50H,3-4,6,8-10,15-16,21,24,27-29,31,33-46H2,1-2H3/b7-5-,13-11-,14-12-,19-17-,20-18-,23-22-,26-25-,32-30-. The number of hydrogen-bond donors (Lipinski definition) is 1. The summed E-state index contributed by atoms with van der Waals surface area (Å²) in [7, 11) is 0. The molecule has 0 amide bonds. The van der Waals surface area contributed by atoms with Crippen molar-refractivity contribution in [3.05, 3.63) is 97.2 Å². The van der Waals surface area contributed by atoms with Gasteiger partial charge in [-0.25, -0.2) is 0 Å². The molecule has 1 N–H and O–H groups in total. The molecule has 0 aromatic rings. The minimum atomic E-state index is -0.795. The molecular weight excluding hydrogens is 669 g/mol. The Bertz CT molecular complexity index is 1070. The Labute approximate surface area is 332 Å². The predicted molar refractivity (Wildman–Crippen MR) is 232 cm³/mol. The van der Waals surface area contributed by atoms with Gasteiger partial charge >= 0.3 is 11.9 Å². The van der Waals surface area contributed by atoms with Crippen LogP contribution in [0.4, 0.5) is 0 Å². The molecule has 0 spiro atoms. The number of esters is 2. The Morgan fingerprint density at radius 2 is 0.796 bits per heavy atom. The smallest absolute Gasteiger partial charge is 0.306 e. The molecule has 0 saturated carbocycles. The second-order valence-electron chi connectivity index (χ2n) is 14.0. The number of aliphatic hydroxyl groups is 1. The van der Waals surface area contributed by atoms with E-state index in [-0.39, 0.29) is 25.2 Å². The second kappa shape index (κ2) is 44.2. The lowest BCUT2D eigenvalue weighted by Gasteiger charge is -2.15. The number of unbranched alkanes of at least 4 members (excludes halogenated alkanes) is 14. The lowest BCUT2D eigenvalue weighted by atomic mass is 10.1. The molecule has 0 radical (unpaired) electrons. The Balaban J connectivity index is 3.66. The quantitative estimate of drug-likeness (QED) is 0.0387. The van der Waals surface area contributed by atoms with E-state index in [0.29, 0.717) is 12.8 Å². The zero-order valence-electron chi connectivity index (χ0n) is 34.7. The molecule has 0 aliphatic heterocycles. The lowest BCUT2D eigenvalue weighted by Crippen LogP contribution is -2.28. The topological polar surface area (TPSA) is 72.8 Å². The fourth-order valence-electron chi connectivity index (χ4n) is 5.59. The molecule has 306 valence electrons. The van der Waals surface area contributed by atoms with Crippen LogP contribution in [0.25, 0.3) is 0 Å². The minimum absolute atomic E-state index is 0.0866. The number of allylic oxidation sites excluding steroid dienone is 16. The first-order valence-electron chi connectivity index (χ1n) is 21.8. The number of rotatable bonds is 38. The van der Waals surface area contributed by atoms with Crippen molar-refractivity contribution in [2.45, 2.75) is 187 Å². The van der Waals surface area contributed by atoms with Gasteiger partial charge in [0, 0.05) is 12.8 Å². The first-order chi connectivity index (χ1) is 26.6. The summed E-state index contributed by atoms with van der Waals surface area (Å²) in [5, 5.41) is 9.58. The molecule has 5 nitrogen and oxygen atoms in total.